The Labute approximate surface area is 99.6 Å². The first-order valence-corrected chi connectivity index (χ1v) is 6.18. The minimum atomic E-state index is 0.182. The molecule has 2 aromatic rings. The largest absolute Gasteiger partial charge is 0.396 e. The molecule has 0 radical (unpaired) electrons. The van der Waals surface area contributed by atoms with Crippen LogP contribution in [0.25, 0.3) is 0 Å². The Bertz CT molecular complexity index is 438. The molecule has 1 unspecified atom stereocenters. The summed E-state index contributed by atoms with van der Waals surface area (Å²) in [6.07, 6.45) is 2.78. The van der Waals surface area contributed by atoms with Gasteiger partial charge >= 0.3 is 0 Å². The molecule has 0 aliphatic rings. The van der Waals surface area contributed by atoms with Gasteiger partial charge in [-0.05, 0) is 18.9 Å². The van der Waals surface area contributed by atoms with Crippen molar-refractivity contribution in [1.29, 1.82) is 0 Å². The highest BCUT2D eigenvalue weighted by Crippen LogP contribution is 2.23. The number of aryl methyl sites for hydroxylation is 1. The van der Waals surface area contributed by atoms with E-state index in [-0.39, 0.29) is 12.5 Å². The van der Waals surface area contributed by atoms with Crippen molar-refractivity contribution in [3.8, 4) is 0 Å². The predicted octanol–water partition coefficient (Wildman–Crippen LogP) is 2.77. The van der Waals surface area contributed by atoms with Gasteiger partial charge in [-0.1, -0.05) is 30.3 Å². The summed E-state index contributed by atoms with van der Waals surface area (Å²) in [6, 6.07) is 10.1. The highest BCUT2D eigenvalue weighted by atomic mass is 32.1. The normalized spacial score (nSPS) is 12.6. The summed E-state index contributed by atoms with van der Waals surface area (Å²) >= 11 is 1.70. The first-order valence-electron chi connectivity index (χ1n) is 5.36. The molecular weight excluding hydrogens is 218 g/mol. The predicted molar refractivity (Wildman–Crippen MR) is 66.8 cm³/mol. The summed E-state index contributed by atoms with van der Waals surface area (Å²) in [7, 11) is 0. The van der Waals surface area contributed by atoms with Gasteiger partial charge in [0.1, 0.15) is 0 Å². The number of rotatable bonds is 4. The maximum atomic E-state index is 9.43. The van der Waals surface area contributed by atoms with E-state index in [2.05, 4.69) is 17.1 Å². The molecule has 0 amide bonds. The summed E-state index contributed by atoms with van der Waals surface area (Å²) in [5, 5.41) is 10.5. The minimum absolute atomic E-state index is 0.182. The van der Waals surface area contributed by atoms with E-state index in [0.29, 0.717) is 0 Å². The zero-order valence-electron chi connectivity index (χ0n) is 9.26. The molecule has 3 heteroatoms. The summed E-state index contributed by atoms with van der Waals surface area (Å²) in [5.41, 5.74) is 1.19. The number of aliphatic hydroxyl groups excluding tert-OH is 1. The van der Waals surface area contributed by atoms with Gasteiger partial charge in [0.2, 0.25) is 0 Å². The van der Waals surface area contributed by atoms with Crippen LogP contribution in [0.5, 0.6) is 0 Å². The Hall–Kier alpha value is -1.19. The maximum Gasteiger partial charge on any atom is 0.0896 e. The van der Waals surface area contributed by atoms with Gasteiger partial charge in [-0.2, -0.15) is 0 Å². The summed E-state index contributed by atoms with van der Waals surface area (Å²) < 4.78 is 0. The number of hydrogen-bond acceptors (Lipinski definition) is 3. The van der Waals surface area contributed by atoms with Crippen LogP contribution < -0.4 is 0 Å². The third-order valence-electron chi connectivity index (χ3n) is 2.61. The Morgan fingerprint density at radius 3 is 2.62 bits per heavy atom. The van der Waals surface area contributed by atoms with Crippen LogP contribution >= 0.6 is 11.3 Å². The lowest BCUT2D eigenvalue weighted by molar-refractivity contribution is 0.265. The number of benzene rings is 1. The molecule has 1 aromatic heterocycles. The van der Waals surface area contributed by atoms with Crippen molar-refractivity contribution in [3.63, 3.8) is 0 Å². The van der Waals surface area contributed by atoms with Gasteiger partial charge in [-0.3, -0.25) is 0 Å². The topological polar surface area (TPSA) is 33.1 Å². The highest BCUT2D eigenvalue weighted by molar-refractivity contribution is 7.11. The molecule has 1 heterocycles. The average Bonchev–Trinajstić information content (AvgIpc) is 2.73. The van der Waals surface area contributed by atoms with E-state index >= 15 is 0 Å². The highest BCUT2D eigenvalue weighted by Gasteiger charge is 2.12. The molecule has 1 atom stereocenters. The molecule has 1 N–H and O–H groups in total. The zero-order chi connectivity index (χ0) is 11.4. The molecule has 2 rings (SSSR count). The molecule has 84 valence electrons. The molecule has 0 fully saturated rings. The van der Waals surface area contributed by atoms with Gasteiger partial charge < -0.3 is 5.11 Å². The van der Waals surface area contributed by atoms with Gasteiger partial charge in [-0.15, -0.1) is 11.3 Å². The summed E-state index contributed by atoms with van der Waals surface area (Å²) in [5.74, 6) is 0.182. The molecule has 16 heavy (non-hydrogen) atoms. The van der Waals surface area contributed by atoms with Crippen molar-refractivity contribution in [3.05, 3.63) is 52.0 Å². The van der Waals surface area contributed by atoms with Gasteiger partial charge in [0.05, 0.1) is 11.6 Å². The molecule has 0 aliphatic heterocycles. The van der Waals surface area contributed by atoms with Crippen molar-refractivity contribution in [1.82, 2.24) is 4.98 Å². The first-order chi connectivity index (χ1) is 7.79. The van der Waals surface area contributed by atoms with Crippen molar-refractivity contribution < 1.29 is 5.11 Å². The smallest absolute Gasteiger partial charge is 0.0896 e. The molecular formula is C13H15NOS. The van der Waals surface area contributed by atoms with E-state index in [1.807, 2.05) is 31.3 Å². The van der Waals surface area contributed by atoms with Gasteiger partial charge in [0.25, 0.3) is 0 Å². The van der Waals surface area contributed by atoms with E-state index in [4.69, 9.17) is 0 Å². The number of aliphatic hydroxyl groups is 1. The summed E-state index contributed by atoms with van der Waals surface area (Å²) in [6.45, 7) is 2.19. The van der Waals surface area contributed by atoms with Crippen molar-refractivity contribution in [2.45, 2.75) is 19.3 Å². The van der Waals surface area contributed by atoms with Gasteiger partial charge in [0.15, 0.2) is 0 Å². The van der Waals surface area contributed by atoms with E-state index in [0.717, 1.165) is 11.4 Å². The molecule has 0 bridgehead atoms. The van der Waals surface area contributed by atoms with Crippen LogP contribution in [0, 0.1) is 6.92 Å². The van der Waals surface area contributed by atoms with Gasteiger partial charge in [-0.25, -0.2) is 4.98 Å². The molecule has 0 aliphatic carbocycles. The molecule has 0 spiro atoms. The van der Waals surface area contributed by atoms with E-state index < -0.39 is 0 Å². The van der Waals surface area contributed by atoms with Crippen LogP contribution in [0.3, 0.4) is 0 Å². The fraction of sp³-hybridized carbons (Fsp3) is 0.308. The van der Waals surface area contributed by atoms with E-state index in [1.54, 1.807) is 11.3 Å². The fourth-order valence-corrected chi connectivity index (χ4v) is 2.63. The van der Waals surface area contributed by atoms with Crippen molar-refractivity contribution in [2.75, 3.05) is 6.61 Å². The van der Waals surface area contributed by atoms with Gasteiger partial charge in [0, 0.05) is 17.0 Å². The quantitative estimate of drug-likeness (QED) is 0.881. The second-order valence-corrected chi connectivity index (χ2v) is 5.16. The second-order valence-electron chi connectivity index (χ2n) is 3.84. The standard InChI is InChI=1S/C13H15NOS/c1-10-14-8-13(16-10)7-12(9-15)11-5-3-2-4-6-11/h2-6,8,12,15H,7,9H2,1H3. The maximum absolute atomic E-state index is 9.43. The third kappa shape index (κ3) is 2.68. The molecule has 0 saturated heterocycles. The summed E-state index contributed by atoms with van der Waals surface area (Å²) in [4.78, 5) is 5.47. The van der Waals surface area contributed by atoms with Crippen LogP contribution in [0.1, 0.15) is 21.4 Å². The van der Waals surface area contributed by atoms with E-state index in [9.17, 15) is 5.11 Å². The lowest BCUT2D eigenvalue weighted by Crippen LogP contribution is -2.06. The number of thiazole rings is 1. The molecule has 2 nitrogen and oxygen atoms in total. The molecule has 1 aromatic carbocycles. The first kappa shape index (κ1) is 11.3. The minimum Gasteiger partial charge on any atom is -0.396 e. The Kier molecular flexibility index (Phi) is 3.70. The number of aromatic nitrogens is 1. The van der Waals surface area contributed by atoms with Crippen LogP contribution in [-0.2, 0) is 6.42 Å². The lowest BCUT2D eigenvalue weighted by atomic mass is 9.96. The lowest BCUT2D eigenvalue weighted by Gasteiger charge is -2.12. The van der Waals surface area contributed by atoms with Crippen LogP contribution in [0.15, 0.2) is 36.5 Å². The SMILES string of the molecule is Cc1ncc(CC(CO)c2ccccc2)s1. The van der Waals surface area contributed by atoms with Crippen LogP contribution in [-0.4, -0.2) is 16.7 Å². The Balaban J connectivity index is 2.12. The Morgan fingerprint density at radius 2 is 2.06 bits per heavy atom. The third-order valence-corrected chi connectivity index (χ3v) is 3.54. The van der Waals surface area contributed by atoms with Crippen molar-refractivity contribution >= 4 is 11.3 Å². The van der Waals surface area contributed by atoms with Crippen molar-refractivity contribution in [2.24, 2.45) is 0 Å². The number of hydrogen-bond donors (Lipinski definition) is 1. The fourth-order valence-electron chi connectivity index (χ4n) is 1.76. The average molecular weight is 233 g/mol. The van der Waals surface area contributed by atoms with Crippen LogP contribution in [0.2, 0.25) is 0 Å². The van der Waals surface area contributed by atoms with Crippen LogP contribution in [0.4, 0.5) is 0 Å². The zero-order valence-corrected chi connectivity index (χ0v) is 10.1. The Morgan fingerprint density at radius 1 is 1.31 bits per heavy atom. The molecule has 0 saturated carbocycles. The monoisotopic (exact) mass is 233 g/mol. The second kappa shape index (κ2) is 5.23. The number of nitrogens with zero attached hydrogens (tertiary/aromatic N) is 1. The van der Waals surface area contributed by atoms with E-state index in [1.165, 1.54) is 10.4 Å².